The molecule has 0 saturated carbocycles. The van der Waals surface area contributed by atoms with Crippen LogP contribution in [0.25, 0.3) is 10.9 Å². The predicted octanol–water partition coefficient (Wildman–Crippen LogP) is 4.09. The number of hydrogen-bond acceptors (Lipinski definition) is 3. The number of aromatic amines is 1. The Morgan fingerprint density at radius 1 is 1.08 bits per heavy atom. The van der Waals surface area contributed by atoms with Gasteiger partial charge in [-0.2, -0.15) is 0 Å². The number of H-pyrrole nitrogens is 1. The second-order valence-corrected chi connectivity index (χ2v) is 5.77. The molecular formula is C20H20N2O3. The van der Waals surface area contributed by atoms with Crippen molar-refractivity contribution in [1.82, 2.24) is 4.98 Å². The lowest BCUT2D eigenvalue weighted by molar-refractivity contribution is -0.117. The fraction of sp³-hybridized carbons (Fsp3) is 0.200. The van der Waals surface area contributed by atoms with Crippen LogP contribution in [0.3, 0.4) is 0 Å². The summed E-state index contributed by atoms with van der Waals surface area (Å²) in [5.41, 5.74) is 2.43. The fourth-order valence-corrected chi connectivity index (χ4v) is 3.00. The maximum atomic E-state index is 12.9. The SMILES string of the molecule is CC[C@@H](C(=O)Nc1c(C(=O)OC)[nH]c2ccccc12)c1ccccc1. The minimum atomic E-state index is -0.515. The van der Waals surface area contributed by atoms with Gasteiger partial charge >= 0.3 is 5.97 Å². The van der Waals surface area contributed by atoms with Crippen molar-refractivity contribution >= 4 is 28.5 Å². The molecule has 0 spiro atoms. The number of carbonyl (C=O) groups is 2. The van der Waals surface area contributed by atoms with Gasteiger partial charge in [-0.05, 0) is 18.1 Å². The summed E-state index contributed by atoms with van der Waals surface area (Å²) in [7, 11) is 1.32. The van der Waals surface area contributed by atoms with Crippen LogP contribution in [0.4, 0.5) is 5.69 Å². The first-order valence-electron chi connectivity index (χ1n) is 8.20. The Morgan fingerprint density at radius 3 is 2.44 bits per heavy atom. The minimum absolute atomic E-state index is 0.149. The molecule has 0 aliphatic rings. The Hall–Kier alpha value is -3.08. The zero-order chi connectivity index (χ0) is 17.8. The van der Waals surface area contributed by atoms with E-state index in [9.17, 15) is 9.59 Å². The summed E-state index contributed by atoms with van der Waals surface area (Å²) in [4.78, 5) is 28.0. The summed E-state index contributed by atoms with van der Waals surface area (Å²) in [5.74, 6) is -0.955. The summed E-state index contributed by atoms with van der Waals surface area (Å²) in [6.45, 7) is 1.97. The molecule has 0 unspecified atom stereocenters. The van der Waals surface area contributed by atoms with Crippen LogP contribution < -0.4 is 5.32 Å². The lowest BCUT2D eigenvalue weighted by Gasteiger charge is -2.15. The van der Waals surface area contributed by atoms with E-state index in [-0.39, 0.29) is 17.5 Å². The van der Waals surface area contributed by atoms with Gasteiger partial charge in [0.2, 0.25) is 5.91 Å². The van der Waals surface area contributed by atoms with Gasteiger partial charge in [0.25, 0.3) is 0 Å². The molecule has 2 aromatic carbocycles. The van der Waals surface area contributed by atoms with Crippen molar-refractivity contribution in [2.45, 2.75) is 19.3 Å². The highest BCUT2D eigenvalue weighted by Crippen LogP contribution is 2.30. The number of esters is 1. The van der Waals surface area contributed by atoms with E-state index in [1.165, 1.54) is 7.11 Å². The lowest BCUT2D eigenvalue weighted by Crippen LogP contribution is -2.22. The van der Waals surface area contributed by atoms with E-state index in [4.69, 9.17) is 4.74 Å². The molecule has 0 aliphatic heterocycles. The topological polar surface area (TPSA) is 71.2 Å². The molecule has 1 amide bonds. The quantitative estimate of drug-likeness (QED) is 0.690. The third kappa shape index (κ3) is 3.26. The van der Waals surface area contributed by atoms with Crippen molar-refractivity contribution in [1.29, 1.82) is 0 Å². The minimum Gasteiger partial charge on any atom is -0.464 e. The number of para-hydroxylation sites is 1. The van der Waals surface area contributed by atoms with E-state index in [2.05, 4.69) is 10.3 Å². The second-order valence-electron chi connectivity index (χ2n) is 5.77. The number of benzene rings is 2. The lowest BCUT2D eigenvalue weighted by atomic mass is 9.95. The number of nitrogens with one attached hydrogen (secondary N) is 2. The molecule has 25 heavy (non-hydrogen) atoms. The predicted molar refractivity (Wildman–Crippen MR) is 97.7 cm³/mol. The molecular weight excluding hydrogens is 316 g/mol. The molecule has 0 aliphatic carbocycles. The third-order valence-electron chi connectivity index (χ3n) is 4.27. The largest absolute Gasteiger partial charge is 0.464 e. The van der Waals surface area contributed by atoms with E-state index in [0.717, 1.165) is 16.5 Å². The molecule has 0 saturated heterocycles. The molecule has 5 heteroatoms. The van der Waals surface area contributed by atoms with E-state index >= 15 is 0 Å². The number of anilines is 1. The number of hydrogen-bond donors (Lipinski definition) is 2. The number of aromatic nitrogens is 1. The van der Waals surface area contributed by atoms with Crippen LogP contribution in [0.2, 0.25) is 0 Å². The first kappa shape index (κ1) is 16.8. The van der Waals surface area contributed by atoms with Crippen LogP contribution in [-0.4, -0.2) is 24.0 Å². The van der Waals surface area contributed by atoms with Crippen molar-refractivity contribution in [3.05, 3.63) is 65.9 Å². The highest BCUT2D eigenvalue weighted by atomic mass is 16.5. The van der Waals surface area contributed by atoms with Crippen molar-refractivity contribution in [2.75, 3.05) is 12.4 Å². The molecule has 128 valence electrons. The second kappa shape index (κ2) is 7.21. The molecule has 3 aromatic rings. The maximum Gasteiger partial charge on any atom is 0.356 e. The van der Waals surface area contributed by atoms with Gasteiger partial charge in [-0.3, -0.25) is 4.79 Å². The first-order chi connectivity index (χ1) is 12.2. The van der Waals surface area contributed by atoms with Crippen LogP contribution in [0.1, 0.15) is 35.3 Å². The van der Waals surface area contributed by atoms with Gasteiger partial charge in [0.15, 0.2) is 0 Å². The summed E-state index contributed by atoms with van der Waals surface area (Å²) in [5, 5.41) is 3.70. The standard InChI is InChI=1S/C20H20N2O3/c1-3-14(13-9-5-4-6-10-13)19(23)22-17-15-11-7-8-12-16(15)21-18(17)20(24)25-2/h4-12,14,21H,3H2,1-2H3,(H,22,23)/t14-/m1/s1. The third-order valence-corrected chi connectivity index (χ3v) is 4.27. The van der Waals surface area contributed by atoms with Crippen LogP contribution in [0.5, 0.6) is 0 Å². The Labute approximate surface area is 146 Å². The van der Waals surface area contributed by atoms with Gasteiger partial charge in [0.1, 0.15) is 5.69 Å². The molecule has 5 nitrogen and oxygen atoms in total. The van der Waals surface area contributed by atoms with Crippen LogP contribution in [-0.2, 0) is 9.53 Å². The van der Waals surface area contributed by atoms with Gasteiger partial charge in [-0.25, -0.2) is 4.79 Å². The fourth-order valence-electron chi connectivity index (χ4n) is 3.00. The maximum absolute atomic E-state index is 12.9. The summed E-state index contributed by atoms with van der Waals surface area (Å²) in [6.07, 6.45) is 0.658. The zero-order valence-corrected chi connectivity index (χ0v) is 14.2. The molecule has 0 radical (unpaired) electrons. The van der Waals surface area contributed by atoms with Crippen LogP contribution in [0, 0.1) is 0 Å². The summed E-state index contributed by atoms with van der Waals surface area (Å²) < 4.78 is 4.84. The van der Waals surface area contributed by atoms with Crippen molar-refractivity contribution in [3.8, 4) is 0 Å². The van der Waals surface area contributed by atoms with Gasteiger partial charge in [0.05, 0.1) is 18.7 Å². The average Bonchev–Trinajstić information content (AvgIpc) is 3.01. The molecule has 3 rings (SSSR count). The monoisotopic (exact) mass is 336 g/mol. The number of ether oxygens (including phenoxy) is 1. The highest BCUT2D eigenvalue weighted by Gasteiger charge is 2.24. The molecule has 1 heterocycles. The molecule has 1 aromatic heterocycles. The van der Waals surface area contributed by atoms with Gasteiger partial charge in [-0.15, -0.1) is 0 Å². The first-order valence-corrected chi connectivity index (χ1v) is 8.20. The molecule has 0 bridgehead atoms. The number of fused-ring (bicyclic) bond motifs is 1. The number of rotatable bonds is 5. The van der Waals surface area contributed by atoms with Crippen LogP contribution in [0.15, 0.2) is 54.6 Å². The molecule has 1 atom stereocenters. The number of methoxy groups -OCH3 is 1. The van der Waals surface area contributed by atoms with Gasteiger partial charge in [0, 0.05) is 10.9 Å². The Bertz CT molecular complexity index is 900. The van der Waals surface area contributed by atoms with Gasteiger partial charge < -0.3 is 15.0 Å². The number of carbonyl (C=O) groups excluding carboxylic acids is 2. The zero-order valence-electron chi connectivity index (χ0n) is 14.2. The average molecular weight is 336 g/mol. The Balaban J connectivity index is 1.99. The van der Waals surface area contributed by atoms with Crippen molar-refractivity contribution in [2.24, 2.45) is 0 Å². The Kier molecular flexibility index (Phi) is 4.84. The Morgan fingerprint density at radius 2 is 1.76 bits per heavy atom. The van der Waals surface area contributed by atoms with E-state index in [1.54, 1.807) is 0 Å². The van der Waals surface area contributed by atoms with Crippen molar-refractivity contribution < 1.29 is 14.3 Å². The normalized spacial score (nSPS) is 11.9. The van der Waals surface area contributed by atoms with Gasteiger partial charge in [-0.1, -0.05) is 55.5 Å². The molecule has 2 N–H and O–H groups in total. The summed E-state index contributed by atoms with van der Waals surface area (Å²) in [6, 6.07) is 17.1. The summed E-state index contributed by atoms with van der Waals surface area (Å²) >= 11 is 0. The smallest absolute Gasteiger partial charge is 0.356 e. The van der Waals surface area contributed by atoms with E-state index < -0.39 is 5.97 Å². The highest BCUT2D eigenvalue weighted by molar-refractivity contribution is 6.11. The van der Waals surface area contributed by atoms with E-state index in [0.29, 0.717) is 12.1 Å². The van der Waals surface area contributed by atoms with Crippen LogP contribution >= 0.6 is 0 Å². The van der Waals surface area contributed by atoms with E-state index in [1.807, 2.05) is 61.5 Å². The number of amides is 1. The molecule has 0 fully saturated rings. The van der Waals surface area contributed by atoms with Crippen molar-refractivity contribution in [3.63, 3.8) is 0 Å².